The van der Waals surface area contributed by atoms with E-state index in [-0.39, 0.29) is 18.4 Å². The molecule has 3 N–H and O–H groups in total. The smallest absolute Gasteiger partial charge is 0.271 e. The molecule has 1 atom stereocenters. The highest BCUT2D eigenvalue weighted by Crippen LogP contribution is 2.27. The fourth-order valence-electron chi connectivity index (χ4n) is 3.93. The molecule has 1 unspecified atom stereocenters. The van der Waals surface area contributed by atoms with E-state index in [0.717, 1.165) is 48.6 Å². The van der Waals surface area contributed by atoms with Crippen molar-refractivity contribution in [2.75, 3.05) is 25.0 Å². The minimum absolute atomic E-state index is 0.00507. The number of nitriles is 1. The number of anilines is 2. The monoisotopic (exact) mass is 477 g/mol. The molecular weight excluding hydrogens is 450 g/mol. The number of hydrogen-bond acceptors (Lipinski definition) is 9. The lowest BCUT2D eigenvalue weighted by Gasteiger charge is -2.30. The number of aryl methyl sites for hydroxylation is 1. The second-order valence-electron chi connectivity index (χ2n) is 8.31. The third-order valence-electron chi connectivity index (χ3n) is 5.67. The predicted molar refractivity (Wildman–Crippen MR) is 130 cm³/mol. The molecule has 4 rings (SSSR count). The standard InChI is InChI=1S/C24H27N7O2S/c1-16-11-21(29-22(27-16)19-3-2-9-31(13-19)10-8-25)30-24-28-20(15-34-24)23(33)26-12-17-4-6-18(14-32)7-5-17/h4-7,11,15,19,32H,2-3,9-10,12-14H2,1H3,(H,26,33)(H,27,28,29,30). The molecule has 0 spiro atoms. The third kappa shape index (κ3) is 6.14. The number of hydrogen-bond donors (Lipinski definition) is 3. The number of amides is 1. The quantitative estimate of drug-likeness (QED) is 0.422. The molecule has 3 heterocycles. The lowest BCUT2D eigenvalue weighted by Crippen LogP contribution is -2.35. The zero-order valence-electron chi connectivity index (χ0n) is 19.0. The number of piperidine rings is 1. The van der Waals surface area contributed by atoms with E-state index in [1.165, 1.54) is 11.3 Å². The number of aliphatic hydroxyl groups excluding tert-OH is 1. The van der Waals surface area contributed by atoms with Crippen molar-refractivity contribution in [3.8, 4) is 6.07 Å². The average Bonchev–Trinajstić information content (AvgIpc) is 3.31. The molecule has 3 aromatic rings. The first-order chi connectivity index (χ1) is 16.5. The van der Waals surface area contributed by atoms with Crippen LogP contribution in [0.1, 0.15) is 51.9 Å². The van der Waals surface area contributed by atoms with E-state index >= 15 is 0 Å². The van der Waals surface area contributed by atoms with Crippen LogP contribution in [0.3, 0.4) is 0 Å². The summed E-state index contributed by atoms with van der Waals surface area (Å²) in [4.78, 5) is 28.4. The first kappa shape index (κ1) is 23.8. The summed E-state index contributed by atoms with van der Waals surface area (Å²) in [5, 5.41) is 26.5. The second kappa shape index (κ2) is 11.2. The number of carbonyl (C=O) groups excluding carboxylic acids is 1. The number of thiazole rings is 1. The number of rotatable bonds is 8. The Hall–Kier alpha value is -3.39. The van der Waals surface area contributed by atoms with Crippen molar-refractivity contribution < 1.29 is 9.90 Å². The van der Waals surface area contributed by atoms with Crippen molar-refractivity contribution in [3.63, 3.8) is 0 Å². The zero-order chi connectivity index (χ0) is 23.9. The van der Waals surface area contributed by atoms with Crippen LogP contribution in [-0.4, -0.2) is 50.5 Å². The summed E-state index contributed by atoms with van der Waals surface area (Å²) in [7, 11) is 0. The van der Waals surface area contributed by atoms with Gasteiger partial charge in [0.25, 0.3) is 5.91 Å². The van der Waals surface area contributed by atoms with Crippen molar-refractivity contribution >= 4 is 28.2 Å². The summed E-state index contributed by atoms with van der Waals surface area (Å²) >= 11 is 1.34. The maximum Gasteiger partial charge on any atom is 0.271 e. The van der Waals surface area contributed by atoms with Crippen LogP contribution in [0.15, 0.2) is 35.7 Å². The Morgan fingerprint density at radius 3 is 2.82 bits per heavy atom. The highest BCUT2D eigenvalue weighted by atomic mass is 32.1. The number of nitrogens with zero attached hydrogens (tertiary/aromatic N) is 5. The molecule has 176 valence electrons. The summed E-state index contributed by atoms with van der Waals surface area (Å²) < 4.78 is 0. The number of likely N-dealkylation sites (tertiary alicyclic amines) is 1. The molecule has 1 amide bonds. The molecule has 0 saturated carbocycles. The number of nitrogens with one attached hydrogen (secondary N) is 2. The van der Waals surface area contributed by atoms with Crippen molar-refractivity contribution in [3.05, 3.63) is 64.1 Å². The lowest BCUT2D eigenvalue weighted by molar-refractivity contribution is 0.0946. The predicted octanol–water partition coefficient (Wildman–Crippen LogP) is 3.11. The Balaban J connectivity index is 1.38. The molecule has 0 aliphatic carbocycles. The van der Waals surface area contributed by atoms with E-state index in [1.54, 1.807) is 5.38 Å². The Kier molecular flexibility index (Phi) is 7.80. The van der Waals surface area contributed by atoms with Crippen molar-refractivity contribution in [1.29, 1.82) is 5.26 Å². The molecule has 1 saturated heterocycles. The first-order valence-corrected chi connectivity index (χ1v) is 12.1. The number of aromatic nitrogens is 3. The molecule has 1 fully saturated rings. The second-order valence-corrected chi connectivity index (χ2v) is 9.16. The van der Waals surface area contributed by atoms with Crippen LogP contribution in [0.25, 0.3) is 0 Å². The maximum atomic E-state index is 12.5. The van der Waals surface area contributed by atoms with Gasteiger partial charge in [0, 0.05) is 36.1 Å². The van der Waals surface area contributed by atoms with Crippen LogP contribution in [0.4, 0.5) is 10.9 Å². The van der Waals surface area contributed by atoms with Gasteiger partial charge in [-0.3, -0.25) is 9.69 Å². The Labute approximate surface area is 202 Å². The van der Waals surface area contributed by atoms with Gasteiger partial charge in [0.2, 0.25) is 0 Å². The van der Waals surface area contributed by atoms with E-state index in [1.807, 2.05) is 37.3 Å². The van der Waals surface area contributed by atoms with Crippen LogP contribution in [-0.2, 0) is 13.2 Å². The fourth-order valence-corrected chi connectivity index (χ4v) is 4.63. The van der Waals surface area contributed by atoms with Crippen LogP contribution in [0, 0.1) is 18.3 Å². The number of aliphatic hydroxyl groups is 1. The van der Waals surface area contributed by atoms with E-state index in [9.17, 15) is 4.79 Å². The fraction of sp³-hybridized carbons (Fsp3) is 0.375. The molecule has 9 nitrogen and oxygen atoms in total. The molecule has 0 radical (unpaired) electrons. The van der Waals surface area contributed by atoms with Gasteiger partial charge in [-0.1, -0.05) is 24.3 Å². The minimum Gasteiger partial charge on any atom is -0.392 e. The van der Waals surface area contributed by atoms with E-state index in [2.05, 4.69) is 31.6 Å². The van der Waals surface area contributed by atoms with Gasteiger partial charge in [-0.2, -0.15) is 5.26 Å². The molecule has 0 bridgehead atoms. The Morgan fingerprint density at radius 2 is 2.06 bits per heavy atom. The van der Waals surface area contributed by atoms with Gasteiger partial charge in [-0.15, -0.1) is 11.3 Å². The van der Waals surface area contributed by atoms with Gasteiger partial charge in [-0.05, 0) is 37.4 Å². The van der Waals surface area contributed by atoms with E-state index in [0.29, 0.717) is 29.7 Å². The van der Waals surface area contributed by atoms with Gasteiger partial charge >= 0.3 is 0 Å². The topological polar surface area (TPSA) is 127 Å². The Bertz CT molecular complexity index is 1170. The molecule has 1 aliphatic rings. The number of carbonyl (C=O) groups is 1. The van der Waals surface area contributed by atoms with Crippen LogP contribution in [0.5, 0.6) is 0 Å². The summed E-state index contributed by atoms with van der Waals surface area (Å²) in [5.74, 6) is 1.35. The van der Waals surface area contributed by atoms with Gasteiger partial charge in [0.05, 0.1) is 19.2 Å². The molecule has 1 aromatic carbocycles. The molecule has 34 heavy (non-hydrogen) atoms. The van der Waals surface area contributed by atoms with Gasteiger partial charge in [0.1, 0.15) is 17.3 Å². The average molecular weight is 478 g/mol. The lowest BCUT2D eigenvalue weighted by atomic mass is 9.97. The highest BCUT2D eigenvalue weighted by Gasteiger charge is 2.24. The SMILES string of the molecule is Cc1cc(Nc2nc(C(=O)NCc3ccc(CO)cc3)cs2)nc(C2CCCN(CC#N)C2)n1. The zero-order valence-corrected chi connectivity index (χ0v) is 19.8. The molecular formula is C24H27N7O2S. The first-order valence-electron chi connectivity index (χ1n) is 11.2. The largest absolute Gasteiger partial charge is 0.392 e. The number of benzene rings is 1. The van der Waals surface area contributed by atoms with Crippen LogP contribution < -0.4 is 10.6 Å². The van der Waals surface area contributed by atoms with E-state index in [4.69, 9.17) is 15.4 Å². The molecule has 1 aliphatic heterocycles. The van der Waals surface area contributed by atoms with Crippen molar-refractivity contribution in [2.45, 2.75) is 38.8 Å². The van der Waals surface area contributed by atoms with Gasteiger partial charge in [-0.25, -0.2) is 15.0 Å². The van der Waals surface area contributed by atoms with Crippen LogP contribution >= 0.6 is 11.3 Å². The molecule has 2 aromatic heterocycles. The Morgan fingerprint density at radius 1 is 1.26 bits per heavy atom. The summed E-state index contributed by atoms with van der Waals surface area (Å²) in [5.41, 5.74) is 2.96. The summed E-state index contributed by atoms with van der Waals surface area (Å²) in [6.45, 7) is 4.43. The normalized spacial score (nSPS) is 16.1. The summed E-state index contributed by atoms with van der Waals surface area (Å²) in [6.07, 6.45) is 2.01. The minimum atomic E-state index is -0.255. The van der Waals surface area contributed by atoms with Crippen molar-refractivity contribution in [2.24, 2.45) is 0 Å². The molecule has 10 heteroatoms. The van der Waals surface area contributed by atoms with Gasteiger partial charge < -0.3 is 15.7 Å². The van der Waals surface area contributed by atoms with E-state index < -0.39 is 0 Å². The maximum absolute atomic E-state index is 12.5. The van der Waals surface area contributed by atoms with Crippen LogP contribution in [0.2, 0.25) is 0 Å². The van der Waals surface area contributed by atoms with Crippen molar-refractivity contribution in [1.82, 2.24) is 25.2 Å². The van der Waals surface area contributed by atoms with Gasteiger partial charge in [0.15, 0.2) is 5.13 Å². The highest BCUT2D eigenvalue weighted by molar-refractivity contribution is 7.14. The third-order valence-corrected chi connectivity index (χ3v) is 6.42. The summed E-state index contributed by atoms with van der Waals surface area (Å²) in [6, 6.07) is 11.5.